The molecular weight excluding hydrogens is 294 g/mol. The number of fused-ring (bicyclic) bond motifs is 2. The fourth-order valence-electron chi connectivity index (χ4n) is 2.87. The Balaban J connectivity index is 1.61. The Morgan fingerprint density at radius 3 is 2.91 bits per heavy atom. The van der Waals surface area contributed by atoms with Crippen LogP contribution in [0.25, 0.3) is 5.78 Å². The first-order chi connectivity index (χ1) is 11.2. The first kappa shape index (κ1) is 13.7. The maximum atomic E-state index is 12.3. The lowest BCUT2D eigenvalue weighted by atomic mass is 10.2. The van der Waals surface area contributed by atoms with Crippen LogP contribution in [0.15, 0.2) is 35.1 Å². The van der Waals surface area contributed by atoms with Gasteiger partial charge < -0.3 is 10.3 Å². The molecule has 4 rings (SSSR count). The van der Waals surface area contributed by atoms with Crippen LogP contribution < -0.4 is 10.9 Å². The number of hydrogen-bond acceptors (Lipinski definition) is 4. The largest absolute Gasteiger partial charge is 0.345 e. The smallest absolute Gasteiger partial charge is 0.291 e. The summed E-state index contributed by atoms with van der Waals surface area (Å²) in [7, 11) is 0. The standard InChI is InChI=1S/C16H15N5O2/c22-14(17-9-10-5-2-1-3-6-10)13-19-16-18-12-8-4-7-11(12)15(23)21(16)20-13/h1-3,5-6H,4,7-9H2,(H,17,22)(H,18,19,20). The second-order valence-electron chi connectivity index (χ2n) is 5.58. The van der Waals surface area contributed by atoms with Crippen molar-refractivity contribution in [2.24, 2.45) is 0 Å². The maximum absolute atomic E-state index is 12.3. The van der Waals surface area contributed by atoms with Gasteiger partial charge in [0.1, 0.15) is 0 Å². The van der Waals surface area contributed by atoms with Crippen LogP contribution in [-0.4, -0.2) is 25.5 Å². The van der Waals surface area contributed by atoms with Gasteiger partial charge in [0.15, 0.2) is 0 Å². The first-order valence-electron chi connectivity index (χ1n) is 7.55. The molecule has 1 aliphatic rings. The van der Waals surface area contributed by atoms with E-state index in [1.165, 1.54) is 4.52 Å². The zero-order chi connectivity index (χ0) is 15.8. The molecule has 0 saturated heterocycles. The highest BCUT2D eigenvalue weighted by atomic mass is 16.2. The van der Waals surface area contributed by atoms with Gasteiger partial charge in [0, 0.05) is 17.8 Å². The predicted octanol–water partition coefficient (Wildman–Crippen LogP) is 0.836. The highest BCUT2D eigenvalue weighted by Crippen LogP contribution is 2.16. The van der Waals surface area contributed by atoms with E-state index < -0.39 is 5.91 Å². The van der Waals surface area contributed by atoms with Crippen molar-refractivity contribution in [3.8, 4) is 0 Å². The Morgan fingerprint density at radius 1 is 1.26 bits per heavy atom. The SMILES string of the molecule is O=C(NCc1ccccc1)c1nc2[nH]c3c(c(=O)n2n1)CCC3. The van der Waals surface area contributed by atoms with Crippen molar-refractivity contribution in [1.82, 2.24) is 24.9 Å². The lowest BCUT2D eigenvalue weighted by Gasteiger charge is -2.01. The van der Waals surface area contributed by atoms with Crippen LogP contribution in [0.4, 0.5) is 0 Å². The summed E-state index contributed by atoms with van der Waals surface area (Å²) in [5, 5.41) is 6.81. The van der Waals surface area contributed by atoms with Crippen molar-refractivity contribution in [3.63, 3.8) is 0 Å². The summed E-state index contributed by atoms with van der Waals surface area (Å²) in [6.07, 6.45) is 2.54. The van der Waals surface area contributed by atoms with Gasteiger partial charge in [0.05, 0.1) is 0 Å². The maximum Gasteiger partial charge on any atom is 0.291 e. The lowest BCUT2D eigenvalue weighted by molar-refractivity contribution is 0.0940. The summed E-state index contributed by atoms with van der Waals surface area (Å²) in [5.74, 6) is -0.0796. The number of amides is 1. The second kappa shape index (κ2) is 5.35. The summed E-state index contributed by atoms with van der Waals surface area (Å²) < 4.78 is 1.18. The summed E-state index contributed by atoms with van der Waals surface area (Å²) in [4.78, 5) is 31.8. The Kier molecular flexibility index (Phi) is 3.18. The third kappa shape index (κ3) is 2.40. The predicted molar refractivity (Wildman–Crippen MR) is 83.2 cm³/mol. The van der Waals surface area contributed by atoms with Crippen molar-refractivity contribution in [2.75, 3.05) is 0 Å². The Morgan fingerprint density at radius 2 is 2.09 bits per heavy atom. The number of nitrogens with one attached hydrogen (secondary N) is 2. The number of nitrogens with zero attached hydrogens (tertiary/aromatic N) is 3. The molecule has 3 aromatic rings. The van der Waals surface area contributed by atoms with Gasteiger partial charge in [-0.3, -0.25) is 9.59 Å². The molecule has 1 aromatic carbocycles. The van der Waals surface area contributed by atoms with Crippen molar-refractivity contribution in [3.05, 3.63) is 63.3 Å². The van der Waals surface area contributed by atoms with Crippen LogP contribution in [0.5, 0.6) is 0 Å². The number of carbonyl (C=O) groups is 1. The van der Waals surface area contributed by atoms with Crippen molar-refractivity contribution in [2.45, 2.75) is 25.8 Å². The lowest BCUT2D eigenvalue weighted by Crippen LogP contribution is -2.25. The molecule has 0 saturated carbocycles. The minimum atomic E-state index is -0.398. The minimum absolute atomic E-state index is 0.00189. The highest BCUT2D eigenvalue weighted by Gasteiger charge is 2.21. The van der Waals surface area contributed by atoms with Gasteiger partial charge in [0.25, 0.3) is 11.5 Å². The molecule has 0 atom stereocenters. The topological polar surface area (TPSA) is 92.1 Å². The molecule has 7 nitrogen and oxygen atoms in total. The summed E-state index contributed by atoms with van der Waals surface area (Å²) in [6.45, 7) is 0.389. The van der Waals surface area contributed by atoms with E-state index in [1.54, 1.807) is 0 Å². The van der Waals surface area contributed by atoms with Gasteiger partial charge in [-0.1, -0.05) is 30.3 Å². The number of H-pyrrole nitrogens is 1. The van der Waals surface area contributed by atoms with E-state index in [-0.39, 0.29) is 11.4 Å². The van der Waals surface area contributed by atoms with E-state index in [1.807, 2.05) is 30.3 Å². The molecule has 23 heavy (non-hydrogen) atoms. The van der Waals surface area contributed by atoms with Gasteiger partial charge in [-0.2, -0.15) is 9.50 Å². The molecule has 7 heteroatoms. The first-order valence-corrected chi connectivity index (χ1v) is 7.55. The molecule has 2 aromatic heterocycles. The fourth-order valence-corrected chi connectivity index (χ4v) is 2.87. The third-order valence-corrected chi connectivity index (χ3v) is 4.04. The summed E-state index contributed by atoms with van der Waals surface area (Å²) >= 11 is 0. The molecule has 0 aliphatic heterocycles. The molecule has 116 valence electrons. The van der Waals surface area contributed by atoms with Crippen LogP contribution >= 0.6 is 0 Å². The van der Waals surface area contributed by atoms with Gasteiger partial charge in [-0.15, -0.1) is 5.10 Å². The van der Waals surface area contributed by atoms with E-state index in [0.717, 1.165) is 36.1 Å². The molecule has 0 bridgehead atoms. The normalized spacial score (nSPS) is 13.2. The van der Waals surface area contributed by atoms with Crippen molar-refractivity contribution < 1.29 is 4.79 Å². The molecular formula is C16H15N5O2. The molecule has 0 fully saturated rings. The number of benzene rings is 1. The van der Waals surface area contributed by atoms with Crippen LogP contribution in [0.3, 0.4) is 0 Å². The monoisotopic (exact) mass is 309 g/mol. The van der Waals surface area contributed by atoms with Gasteiger partial charge in [0.2, 0.25) is 11.6 Å². The van der Waals surface area contributed by atoms with Crippen molar-refractivity contribution in [1.29, 1.82) is 0 Å². The second-order valence-corrected chi connectivity index (χ2v) is 5.58. The average Bonchev–Trinajstić information content (AvgIpc) is 3.21. The minimum Gasteiger partial charge on any atom is -0.345 e. The Labute approximate surface area is 131 Å². The number of hydrogen-bond donors (Lipinski definition) is 2. The average molecular weight is 309 g/mol. The van der Waals surface area contributed by atoms with Crippen LogP contribution in [0.2, 0.25) is 0 Å². The zero-order valence-electron chi connectivity index (χ0n) is 12.4. The van der Waals surface area contributed by atoms with Gasteiger partial charge in [-0.05, 0) is 24.8 Å². The fraction of sp³-hybridized carbons (Fsp3) is 0.250. The van der Waals surface area contributed by atoms with E-state index in [0.29, 0.717) is 12.3 Å². The molecule has 2 heterocycles. The molecule has 0 unspecified atom stereocenters. The summed E-state index contributed by atoms with van der Waals surface area (Å²) in [5.41, 5.74) is 2.46. The van der Waals surface area contributed by atoms with Gasteiger partial charge in [-0.25, -0.2) is 0 Å². The molecule has 0 radical (unpaired) electrons. The van der Waals surface area contributed by atoms with E-state index >= 15 is 0 Å². The van der Waals surface area contributed by atoms with Crippen molar-refractivity contribution >= 4 is 11.7 Å². The van der Waals surface area contributed by atoms with Crippen LogP contribution in [0, 0.1) is 0 Å². The summed E-state index contributed by atoms with van der Waals surface area (Å²) in [6, 6.07) is 9.58. The number of aromatic nitrogens is 4. The quantitative estimate of drug-likeness (QED) is 0.750. The van der Waals surface area contributed by atoms with E-state index in [9.17, 15) is 9.59 Å². The highest BCUT2D eigenvalue weighted by molar-refractivity contribution is 5.90. The van der Waals surface area contributed by atoms with E-state index in [4.69, 9.17) is 0 Å². The zero-order valence-corrected chi connectivity index (χ0v) is 12.4. The molecule has 1 aliphatic carbocycles. The number of aromatic amines is 1. The molecule has 1 amide bonds. The van der Waals surface area contributed by atoms with Gasteiger partial charge >= 0.3 is 0 Å². The molecule has 0 spiro atoms. The number of rotatable bonds is 3. The molecule has 2 N–H and O–H groups in total. The number of aryl methyl sites for hydroxylation is 1. The van der Waals surface area contributed by atoms with Crippen LogP contribution in [0.1, 0.15) is 33.9 Å². The third-order valence-electron chi connectivity index (χ3n) is 4.04. The number of carbonyl (C=O) groups excluding carboxylic acids is 1. The van der Waals surface area contributed by atoms with Crippen LogP contribution in [-0.2, 0) is 19.4 Å². The Hall–Kier alpha value is -2.96. The Bertz CT molecular complexity index is 942. The van der Waals surface area contributed by atoms with E-state index in [2.05, 4.69) is 20.4 Å².